The molecule has 0 aromatic heterocycles. The zero-order chi connectivity index (χ0) is 14.6. The second-order valence-corrected chi connectivity index (χ2v) is 17.5. The third-order valence-corrected chi connectivity index (χ3v) is 14.6. The van der Waals surface area contributed by atoms with Crippen molar-refractivity contribution < 1.29 is 14.0 Å². The fourth-order valence-corrected chi connectivity index (χ4v) is 14.7. The van der Waals surface area contributed by atoms with E-state index in [9.17, 15) is 9.90 Å². The zero-order valence-electron chi connectivity index (χ0n) is 12.9. The van der Waals surface area contributed by atoms with Crippen molar-refractivity contribution in [3.63, 3.8) is 0 Å². The van der Waals surface area contributed by atoms with Gasteiger partial charge < -0.3 is 9.22 Å². The summed E-state index contributed by atoms with van der Waals surface area (Å²) in [5, 5.41) is 9.26. The Kier molecular flexibility index (Phi) is 6.77. The molecule has 6 heteroatoms. The van der Waals surface area contributed by atoms with Crippen LogP contribution >= 0.6 is 0 Å². The first kappa shape index (κ1) is 17.8. The molecule has 0 aliphatic heterocycles. The molecule has 0 aliphatic carbocycles. The van der Waals surface area contributed by atoms with Gasteiger partial charge in [-0.3, -0.25) is 0 Å². The monoisotopic (exact) mass is 304 g/mol. The highest BCUT2D eigenvalue weighted by Crippen LogP contribution is 2.24. The van der Waals surface area contributed by atoms with Crippen LogP contribution in [0, 0.1) is 0 Å². The Morgan fingerprint density at radius 1 is 1.22 bits per heavy atom. The maximum Gasteiger partial charge on any atom is 0.330 e. The van der Waals surface area contributed by atoms with Crippen molar-refractivity contribution >= 4 is 32.1 Å². The maximum absolute atomic E-state index is 11.3. The topological polar surface area (TPSA) is 46.5 Å². The second-order valence-electron chi connectivity index (χ2n) is 6.24. The quantitative estimate of drug-likeness (QED) is 0.581. The van der Waals surface area contributed by atoms with Crippen molar-refractivity contribution in [2.75, 3.05) is 0 Å². The predicted octanol–water partition coefficient (Wildman–Crippen LogP) is 2.94. The van der Waals surface area contributed by atoms with E-state index in [4.69, 9.17) is 4.12 Å². The molecule has 0 unspecified atom stereocenters. The van der Waals surface area contributed by atoms with Crippen LogP contribution in [0.4, 0.5) is 0 Å². The van der Waals surface area contributed by atoms with E-state index in [0.29, 0.717) is 5.57 Å². The number of hydrogen-bond donors (Lipinski definition) is 1. The van der Waals surface area contributed by atoms with E-state index in [1.54, 1.807) is 6.92 Å². The van der Waals surface area contributed by atoms with E-state index in [1.165, 1.54) is 10.9 Å². The third kappa shape index (κ3) is 6.12. The molecule has 0 radical (unpaired) electrons. The van der Waals surface area contributed by atoms with E-state index in [1.807, 2.05) is 0 Å². The number of rotatable bonds is 7. The van der Waals surface area contributed by atoms with Crippen LogP contribution in [-0.4, -0.2) is 37.2 Å². The first-order chi connectivity index (χ1) is 8.01. The van der Waals surface area contributed by atoms with Crippen LogP contribution in [0.2, 0.25) is 38.8 Å². The average molecular weight is 305 g/mol. The molecule has 1 N–H and O–H groups in total. The maximum atomic E-state index is 11.3. The van der Waals surface area contributed by atoms with Crippen molar-refractivity contribution in [3.05, 3.63) is 10.4 Å². The van der Waals surface area contributed by atoms with Crippen molar-refractivity contribution in [1.82, 2.24) is 0 Å². The summed E-state index contributed by atoms with van der Waals surface area (Å²) in [7, 11) is -4.11. The second kappa shape index (κ2) is 6.83. The first-order valence-corrected chi connectivity index (χ1v) is 14.7. The molecule has 0 saturated heterocycles. The van der Waals surface area contributed by atoms with Gasteiger partial charge in [-0.15, -0.1) is 0 Å². The Hall–Kier alpha value is -0.179. The minimum Gasteiger partial charge on any atom is -0.478 e. The van der Waals surface area contributed by atoms with Gasteiger partial charge in [0.25, 0.3) is 0 Å². The molecule has 0 spiro atoms. The number of aliphatic carboxylic acids is 1. The fraction of sp³-hybridized carbons (Fsp3) is 0.750. The van der Waals surface area contributed by atoms with Gasteiger partial charge in [-0.05, 0) is 39.7 Å². The molecular formula is C12H28O3Si3. The minimum atomic E-state index is -2.01. The van der Waals surface area contributed by atoms with E-state index in [-0.39, 0.29) is 0 Å². The smallest absolute Gasteiger partial charge is 0.330 e. The van der Waals surface area contributed by atoms with Gasteiger partial charge in [0.05, 0.1) is 0 Å². The molecule has 0 fully saturated rings. The van der Waals surface area contributed by atoms with Crippen LogP contribution in [0.25, 0.3) is 0 Å². The van der Waals surface area contributed by atoms with Crippen LogP contribution in [0.1, 0.15) is 20.3 Å². The lowest BCUT2D eigenvalue weighted by atomic mass is 10.4. The lowest BCUT2D eigenvalue weighted by Gasteiger charge is -2.34. The third-order valence-electron chi connectivity index (χ3n) is 2.84. The number of carboxylic acid groups (broad SMARTS) is 1. The highest BCUT2D eigenvalue weighted by atomic mass is 28.4. The zero-order valence-corrected chi connectivity index (χ0v) is 16.3. The molecule has 0 bridgehead atoms. The molecule has 18 heavy (non-hydrogen) atoms. The van der Waals surface area contributed by atoms with E-state index >= 15 is 0 Å². The Bertz CT molecular complexity index is 330. The Balaban J connectivity index is 5.31. The highest BCUT2D eigenvalue weighted by molar-refractivity contribution is 6.95. The molecule has 0 amide bonds. The summed E-state index contributed by atoms with van der Waals surface area (Å²) in [5.74, 6) is -0.770. The standard InChI is InChI=1S/C12H28O3Si3/c1-8-9-16-12(10(2)11(13)14)18(6,7)15-17(3,4)5/h8-9,16H2,1-7H3,(H,13,14). The predicted molar refractivity (Wildman–Crippen MR) is 85.9 cm³/mol. The normalized spacial score (nSPS) is 15.1. The van der Waals surface area contributed by atoms with Crippen LogP contribution in [-0.2, 0) is 8.91 Å². The Labute approximate surface area is 116 Å². The summed E-state index contributed by atoms with van der Waals surface area (Å²) in [4.78, 5) is 12.5. The molecule has 0 aliphatic rings. The van der Waals surface area contributed by atoms with Crippen molar-refractivity contribution in [3.8, 4) is 0 Å². The van der Waals surface area contributed by atoms with Crippen molar-refractivity contribution in [1.29, 1.82) is 0 Å². The average Bonchev–Trinajstić information content (AvgIpc) is 2.13. The number of hydrogen-bond acceptors (Lipinski definition) is 2. The molecule has 0 heterocycles. The highest BCUT2D eigenvalue weighted by Gasteiger charge is 2.35. The Morgan fingerprint density at radius 3 is 2.06 bits per heavy atom. The molecule has 3 nitrogen and oxygen atoms in total. The fourth-order valence-electron chi connectivity index (χ4n) is 2.25. The minimum absolute atomic E-state index is 0.480. The Morgan fingerprint density at radius 2 is 1.72 bits per heavy atom. The van der Waals surface area contributed by atoms with Crippen LogP contribution in [0.3, 0.4) is 0 Å². The van der Waals surface area contributed by atoms with E-state index in [0.717, 1.165) is 6.42 Å². The molecular weight excluding hydrogens is 276 g/mol. The summed E-state index contributed by atoms with van der Waals surface area (Å²) in [6.07, 6.45) is 1.14. The van der Waals surface area contributed by atoms with Gasteiger partial charge in [0.15, 0.2) is 16.6 Å². The number of carboxylic acids is 1. The number of carbonyl (C=O) groups is 1. The molecule has 0 saturated carbocycles. The van der Waals surface area contributed by atoms with E-state index < -0.39 is 32.1 Å². The molecule has 106 valence electrons. The summed E-state index contributed by atoms with van der Waals surface area (Å²) < 4.78 is 6.35. The molecule has 0 aromatic rings. The van der Waals surface area contributed by atoms with Crippen LogP contribution in [0.15, 0.2) is 10.4 Å². The van der Waals surface area contributed by atoms with Gasteiger partial charge in [0.2, 0.25) is 0 Å². The van der Waals surface area contributed by atoms with Gasteiger partial charge in [-0.1, -0.05) is 24.2 Å². The van der Waals surface area contributed by atoms with Gasteiger partial charge in [-0.25, -0.2) is 4.79 Å². The largest absolute Gasteiger partial charge is 0.478 e. The van der Waals surface area contributed by atoms with Gasteiger partial charge in [0.1, 0.15) is 0 Å². The summed E-state index contributed by atoms with van der Waals surface area (Å²) in [6, 6.07) is 1.17. The van der Waals surface area contributed by atoms with Crippen molar-refractivity contribution in [2.45, 2.75) is 59.0 Å². The SMILES string of the molecule is CCC[SiH2]C(=C(C)C(=O)O)[Si](C)(C)O[Si](C)(C)C. The van der Waals surface area contributed by atoms with Gasteiger partial charge >= 0.3 is 5.97 Å². The molecule has 0 atom stereocenters. The van der Waals surface area contributed by atoms with Crippen molar-refractivity contribution in [2.24, 2.45) is 0 Å². The summed E-state index contributed by atoms with van der Waals surface area (Å²) in [5.41, 5.74) is 0.560. The molecule has 0 rings (SSSR count). The van der Waals surface area contributed by atoms with Gasteiger partial charge in [-0.2, -0.15) is 0 Å². The van der Waals surface area contributed by atoms with E-state index in [2.05, 4.69) is 39.7 Å². The summed E-state index contributed by atoms with van der Waals surface area (Å²) >= 11 is 0. The van der Waals surface area contributed by atoms with Crippen LogP contribution < -0.4 is 0 Å². The van der Waals surface area contributed by atoms with Crippen LogP contribution in [0.5, 0.6) is 0 Å². The lowest BCUT2D eigenvalue weighted by Crippen LogP contribution is -2.46. The summed E-state index contributed by atoms with van der Waals surface area (Å²) in [6.45, 7) is 14.8. The lowest BCUT2D eigenvalue weighted by molar-refractivity contribution is -0.132. The molecule has 0 aromatic carbocycles. The van der Waals surface area contributed by atoms with Gasteiger partial charge in [0, 0.05) is 15.1 Å². The first-order valence-electron chi connectivity index (χ1n) is 6.65.